The molecule has 2 N–H and O–H groups in total. The Morgan fingerprint density at radius 3 is 1.73 bits per heavy atom. The zero-order valence-corrected chi connectivity index (χ0v) is 15.6. The number of hydrogen-bond donors (Lipinski definition) is 1. The Bertz CT molecular complexity index is 796. The SMILES string of the molecule is NCc1ccc(C(=O)N2CCN(C(=O)c3cc(Cl)cc(Cl)c3)CC2)cc1. The first-order valence-corrected chi connectivity index (χ1v) is 9.07. The normalized spacial score (nSPS) is 14.4. The largest absolute Gasteiger partial charge is 0.335 e. The Morgan fingerprint density at radius 1 is 0.808 bits per heavy atom. The van der Waals surface area contributed by atoms with Gasteiger partial charge in [0.25, 0.3) is 11.8 Å². The third kappa shape index (κ3) is 4.18. The fraction of sp³-hybridized carbons (Fsp3) is 0.263. The average molecular weight is 392 g/mol. The van der Waals surface area contributed by atoms with Gasteiger partial charge in [0.05, 0.1) is 0 Å². The zero-order valence-electron chi connectivity index (χ0n) is 14.1. The smallest absolute Gasteiger partial charge is 0.254 e. The van der Waals surface area contributed by atoms with Crippen molar-refractivity contribution < 1.29 is 9.59 Å². The number of hydrogen-bond acceptors (Lipinski definition) is 3. The first-order chi connectivity index (χ1) is 12.5. The highest BCUT2D eigenvalue weighted by Crippen LogP contribution is 2.21. The predicted molar refractivity (Wildman–Crippen MR) is 103 cm³/mol. The van der Waals surface area contributed by atoms with E-state index in [1.807, 2.05) is 12.1 Å². The van der Waals surface area contributed by atoms with Crippen LogP contribution in [0.25, 0.3) is 0 Å². The molecular weight excluding hydrogens is 373 g/mol. The van der Waals surface area contributed by atoms with Gasteiger partial charge >= 0.3 is 0 Å². The number of amides is 2. The van der Waals surface area contributed by atoms with Crippen molar-refractivity contribution in [2.45, 2.75) is 6.54 Å². The summed E-state index contributed by atoms with van der Waals surface area (Å²) in [5.74, 6) is -0.166. The monoisotopic (exact) mass is 391 g/mol. The lowest BCUT2D eigenvalue weighted by atomic mass is 10.1. The van der Waals surface area contributed by atoms with Gasteiger partial charge in [0.2, 0.25) is 0 Å². The van der Waals surface area contributed by atoms with Crippen molar-refractivity contribution in [2.75, 3.05) is 26.2 Å². The average Bonchev–Trinajstić information content (AvgIpc) is 2.66. The van der Waals surface area contributed by atoms with E-state index in [1.165, 1.54) is 0 Å². The molecule has 1 aliphatic rings. The topological polar surface area (TPSA) is 66.6 Å². The Hall–Kier alpha value is -2.08. The van der Waals surface area contributed by atoms with Crippen LogP contribution in [0.2, 0.25) is 10.0 Å². The maximum absolute atomic E-state index is 12.6. The van der Waals surface area contributed by atoms with E-state index in [-0.39, 0.29) is 11.8 Å². The number of benzene rings is 2. The van der Waals surface area contributed by atoms with Crippen molar-refractivity contribution in [2.24, 2.45) is 5.73 Å². The van der Waals surface area contributed by atoms with Gasteiger partial charge in [-0.2, -0.15) is 0 Å². The van der Waals surface area contributed by atoms with Gasteiger partial charge in [0.15, 0.2) is 0 Å². The third-order valence-electron chi connectivity index (χ3n) is 4.40. The maximum Gasteiger partial charge on any atom is 0.254 e. The van der Waals surface area contributed by atoms with Crippen molar-refractivity contribution in [1.29, 1.82) is 0 Å². The van der Waals surface area contributed by atoms with Crippen LogP contribution in [0.5, 0.6) is 0 Å². The molecule has 136 valence electrons. The highest BCUT2D eigenvalue weighted by atomic mass is 35.5. The quantitative estimate of drug-likeness (QED) is 0.873. The molecule has 0 unspecified atom stereocenters. The molecule has 0 atom stereocenters. The molecule has 0 aliphatic carbocycles. The summed E-state index contributed by atoms with van der Waals surface area (Å²) in [6.45, 7) is 2.35. The van der Waals surface area contributed by atoms with E-state index < -0.39 is 0 Å². The van der Waals surface area contributed by atoms with Crippen molar-refractivity contribution in [1.82, 2.24) is 9.80 Å². The Kier molecular flexibility index (Phi) is 5.81. The minimum Gasteiger partial charge on any atom is -0.335 e. The van der Waals surface area contributed by atoms with Gasteiger partial charge in [-0.05, 0) is 35.9 Å². The summed E-state index contributed by atoms with van der Waals surface area (Å²) in [7, 11) is 0. The number of carbonyl (C=O) groups is 2. The van der Waals surface area contributed by atoms with E-state index in [4.69, 9.17) is 28.9 Å². The molecule has 2 aromatic carbocycles. The predicted octanol–water partition coefficient (Wildman–Crippen LogP) is 3.05. The molecule has 0 spiro atoms. The Morgan fingerprint density at radius 2 is 1.27 bits per heavy atom. The van der Waals surface area contributed by atoms with Gasteiger partial charge in [-0.3, -0.25) is 9.59 Å². The van der Waals surface area contributed by atoms with Crippen LogP contribution in [0, 0.1) is 0 Å². The summed E-state index contributed by atoms with van der Waals surface area (Å²) >= 11 is 11.9. The number of carbonyl (C=O) groups excluding carboxylic acids is 2. The number of nitrogens with two attached hydrogens (primary N) is 1. The molecule has 0 saturated carbocycles. The summed E-state index contributed by atoms with van der Waals surface area (Å²) in [6, 6.07) is 12.1. The van der Waals surface area contributed by atoms with Crippen LogP contribution in [0.4, 0.5) is 0 Å². The van der Waals surface area contributed by atoms with E-state index in [2.05, 4.69) is 0 Å². The van der Waals surface area contributed by atoms with Gasteiger partial charge in [0.1, 0.15) is 0 Å². The van der Waals surface area contributed by atoms with Crippen LogP contribution in [-0.2, 0) is 6.54 Å². The molecule has 5 nitrogen and oxygen atoms in total. The van der Waals surface area contributed by atoms with E-state index in [0.29, 0.717) is 53.9 Å². The van der Waals surface area contributed by atoms with Crippen LogP contribution in [0.1, 0.15) is 26.3 Å². The molecule has 2 aromatic rings. The number of nitrogens with zero attached hydrogens (tertiary/aromatic N) is 2. The third-order valence-corrected chi connectivity index (χ3v) is 4.84. The first-order valence-electron chi connectivity index (χ1n) is 8.31. The minimum absolute atomic E-state index is 0.0357. The van der Waals surface area contributed by atoms with Gasteiger partial charge < -0.3 is 15.5 Å². The van der Waals surface area contributed by atoms with Gasteiger partial charge in [0, 0.05) is 53.9 Å². The highest BCUT2D eigenvalue weighted by Gasteiger charge is 2.25. The fourth-order valence-corrected chi connectivity index (χ4v) is 3.46. The van der Waals surface area contributed by atoms with Crippen LogP contribution in [-0.4, -0.2) is 47.8 Å². The van der Waals surface area contributed by atoms with E-state index in [9.17, 15) is 9.59 Å². The molecule has 26 heavy (non-hydrogen) atoms. The van der Waals surface area contributed by atoms with E-state index >= 15 is 0 Å². The van der Waals surface area contributed by atoms with Crippen LogP contribution in [0.3, 0.4) is 0 Å². The van der Waals surface area contributed by atoms with Crippen molar-refractivity contribution in [3.63, 3.8) is 0 Å². The summed E-state index contributed by atoms with van der Waals surface area (Å²) in [4.78, 5) is 28.7. The molecule has 1 heterocycles. The molecule has 0 aromatic heterocycles. The first kappa shape index (κ1) is 18.7. The van der Waals surface area contributed by atoms with Crippen molar-refractivity contribution in [3.8, 4) is 0 Å². The molecule has 2 amide bonds. The maximum atomic E-state index is 12.6. The molecule has 1 fully saturated rings. The summed E-state index contributed by atoms with van der Waals surface area (Å²) in [6.07, 6.45) is 0. The second-order valence-corrected chi connectivity index (χ2v) is 7.02. The molecule has 3 rings (SSSR count). The second kappa shape index (κ2) is 8.08. The molecule has 0 bridgehead atoms. The molecule has 7 heteroatoms. The van der Waals surface area contributed by atoms with Crippen LogP contribution >= 0.6 is 23.2 Å². The van der Waals surface area contributed by atoms with E-state index in [1.54, 1.807) is 40.1 Å². The van der Waals surface area contributed by atoms with Crippen molar-refractivity contribution >= 4 is 35.0 Å². The van der Waals surface area contributed by atoms with E-state index in [0.717, 1.165) is 5.56 Å². The van der Waals surface area contributed by atoms with Crippen LogP contribution < -0.4 is 5.73 Å². The second-order valence-electron chi connectivity index (χ2n) is 6.14. The lowest BCUT2D eigenvalue weighted by Crippen LogP contribution is -2.50. The Labute approximate surface area is 162 Å². The number of rotatable bonds is 3. The summed E-state index contributed by atoms with van der Waals surface area (Å²) in [5.41, 5.74) is 7.65. The van der Waals surface area contributed by atoms with Crippen molar-refractivity contribution in [3.05, 3.63) is 69.2 Å². The number of halogens is 2. The summed E-state index contributed by atoms with van der Waals surface area (Å²) in [5, 5.41) is 0.853. The van der Waals surface area contributed by atoms with Gasteiger partial charge in [-0.25, -0.2) is 0 Å². The zero-order chi connectivity index (χ0) is 18.7. The van der Waals surface area contributed by atoms with Crippen LogP contribution in [0.15, 0.2) is 42.5 Å². The summed E-state index contributed by atoms with van der Waals surface area (Å²) < 4.78 is 0. The van der Waals surface area contributed by atoms with Gasteiger partial charge in [-0.1, -0.05) is 35.3 Å². The van der Waals surface area contributed by atoms with Gasteiger partial charge in [-0.15, -0.1) is 0 Å². The minimum atomic E-state index is -0.131. The lowest BCUT2D eigenvalue weighted by molar-refractivity contribution is 0.0535. The highest BCUT2D eigenvalue weighted by molar-refractivity contribution is 6.35. The Balaban J connectivity index is 1.62. The number of piperazine rings is 1. The molecule has 0 radical (unpaired) electrons. The lowest BCUT2D eigenvalue weighted by Gasteiger charge is -2.35. The molecule has 1 aliphatic heterocycles. The molecular formula is C19H19Cl2N3O2. The fourth-order valence-electron chi connectivity index (χ4n) is 2.94. The molecule has 1 saturated heterocycles. The standard InChI is InChI=1S/C19H19Cl2N3O2/c20-16-9-15(10-17(21)11-16)19(26)24-7-5-23(6-8-24)18(25)14-3-1-13(12-22)2-4-14/h1-4,9-11H,5-8,12,22H2.